The van der Waals surface area contributed by atoms with E-state index in [-0.39, 0.29) is 6.04 Å². The molecule has 1 heterocycles. The van der Waals surface area contributed by atoms with Crippen LogP contribution in [0, 0.1) is 5.92 Å². The van der Waals surface area contributed by atoms with Gasteiger partial charge in [0.1, 0.15) is 6.04 Å². The number of hydrogen-bond acceptors (Lipinski definition) is 2. The maximum atomic E-state index is 11.5. The smallest absolute Gasteiger partial charge is 0.320 e. The third kappa shape index (κ3) is 2.73. The molecule has 3 heteroatoms. The third-order valence-electron chi connectivity index (χ3n) is 5.01. The van der Waals surface area contributed by atoms with Crippen LogP contribution in [0.1, 0.15) is 37.7 Å². The molecule has 2 aliphatic rings. The summed E-state index contributed by atoms with van der Waals surface area (Å²) >= 11 is 0. The number of carboxylic acid groups (broad SMARTS) is 1. The lowest BCUT2D eigenvalue weighted by molar-refractivity contribution is -0.142. The lowest BCUT2D eigenvalue weighted by Gasteiger charge is -2.33. The van der Waals surface area contributed by atoms with Crippen LogP contribution in [0.15, 0.2) is 30.3 Å². The fourth-order valence-electron chi connectivity index (χ4n) is 4.02. The van der Waals surface area contributed by atoms with Crippen LogP contribution in [0.4, 0.5) is 0 Å². The van der Waals surface area contributed by atoms with E-state index < -0.39 is 5.97 Å². The van der Waals surface area contributed by atoms with Crippen LogP contribution in [-0.2, 0) is 11.2 Å². The van der Waals surface area contributed by atoms with E-state index >= 15 is 0 Å². The van der Waals surface area contributed by atoms with Gasteiger partial charge in [0.15, 0.2) is 0 Å². The normalized spacial score (nSPS) is 30.1. The number of rotatable bonds is 4. The molecule has 0 spiro atoms. The van der Waals surface area contributed by atoms with E-state index in [9.17, 15) is 9.90 Å². The van der Waals surface area contributed by atoms with Gasteiger partial charge < -0.3 is 5.11 Å². The Morgan fingerprint density at radius 2 is 1.95 bits per heavy atom. The molecule has 20 heavy (non-hydrogen) atoms. The summed E-state index contributed by atoms with van der Waals surface area (Å²) < 4.78 is 0. The highest BCUT2D eigenvalue weighted by Crippen LogP contribution is 2.39. The van der Waals surface area contributed by atoms with Crippen molar-refractivity contribution in [2.45, 2.75) is 50.6 Å². The van der Waals surface area contributed by atoms with Gasteiger partial charge in [-0.3, -0.25) is 9.69 Å². The van der Waals surface area contributed by atoms with E-state index in [1.54, 1.807) is 0 Å². The van der Waals surface area contributed by atoms with Gasteiger partial charge in [0.2, 0.25) is 0 Å². The summed E-state index contributed by atoms with van der Waals surface area (Å²) in [5.41, 5.74) is 1.30. The molecule has 3 atom stereocenters. The molecule has 1 saturated heterocycles. The Hall–Kier alpha value is -1.35. The number of carbonyl (C=O) groups is 1. The molecule has 1 N–H and O–H groups in total. The summed E-state index contributed by atoms with van der Waals surface area (Å²) in [4.78, 5) is 13.8. The molecule has 0 amide bonds. The molecule has 1 aromatic carbocycles. The van der Waals surface area contributed by atoms with Crippen molar-refractivity contribution in [3.05, 3.63) is 35.9 Å². The molecule has 1 saturated carbocycles. The molecule has 108 valence electrons. The number of fused-ring (bicyclic) bond motifs is 1. The second-order valence-electron chi connectivity index (χ2n) is 6.18. The Morgan fingerprint density at radius 3 is 2.70 bits per heavy atom. The van der Waals surface area contributed by atoms with Gasteiger partial charge >= 0.3 is 5.97 Å². The summed E-state index contributed by atoms with van der Waals surface area (Å²) in [5.74, 6) is -0.0203. The topological polar surface area (TPSA) is 40.5 Å². The maximum absolute atomic E-state index is 11.5. The second kappa shape index (κ2) is 5.96. The third-order valence-corrected chi connectivity index (χ3v) is 5.01. The van der Waals surface area contributed by atoms with Crippen molar-refractivity contribution in [3.8, 4) is 0 Å². The predicted octanol–water partition coefficient (Wildman–Crippen LogP) is 2.95. The molecule has 2 fully saturated rings. The van der Waals surface area contributed by atoms with Crippen molar-refractivity contribution in [1.82, 2.24) is 4.90 Å². The zero-order valence-corrected chi connectivity index (χ0v) is 11.9. The van der Waals surface area contributed by atoms with Gasteiger partial charge in [0, 0.05) is 12.6 Å². The van der Waals surface area contributed by atoms with Crippen molar-refractivity contribution in [1.29, 1.82) is 0 Å². The van der Waals surface area contributed by atoms with Crippen LogP contribution in [-0.4, -0.2) is 34.6 Å². The Bertz CT molecular complexity index is 459. The first-order valence-corrected chi connectivity index (χ1v) is 7.78. The molecule has 0 aromatic heterocycles. The van der Waals surface area contributed by atoms with E-state index in [1.165, 1.54) is 31.2 Å². The summed E-state index contributed by atoms with van der Waals surface area (Å²) in [5, 5.41) is 9.49. The lowest BCUT2D eigenvalue weighted by atomic mass is 9.84. The molecule has 0 unspecified atom stereocenters. The van der Waals surface area contributed by atoms with E-state index in [1.807, 2.05) is 6.07 Å². The van der Waals surface area contributed by atoms with Crippen molar-refractivity contribution in [2.75, 3.05) is 6.54 Å². The average Bonchev–Trinajstić information content (AvgIpc) is 2.85. The second-order valence-corrected chi connectivity index (χ2v) is 6.18. The van der Waals surface area contributed by atoms with Crippen LogP contribution >= 0.6 is 0 Å². The summed E-state index contributed by atoms with van der Waals surface area (Å²) in [6.07, 6.45) is 6.75. The highest BCUT2D eigenvalue weighted by molar-refractivity contribution is 5.74. The molecule has 3 nitrogen and oxygen atoms in total. The van der Waals surface area contributed by atoms with Crippen molar-refractivity contribution >= 4 is 5.97 Å². The fraction of sp³-hybridized carbons (Fsp3) is 0.588. The van der Waals surface area contributed by atoms with Crippen LogP contribution in [0.25, 0.3) is 0 Å². The summed E-state index contributed by atoms with van der Waals surface area (Å²) in [6, 6.07) is 10.6. The van der Waals surface area contributed by atoms with E-state index in [2.05, 4.69) is 29.2 Å². The molecule has 1 aromatic rings. The van der Waals surface area contributed by atoms with Crippen LogP contribution in [0.3, 0.4) is 0 Å². The van der Waals surface area contributed by atoms with Crippen molar-refractivity contribution in [3.63, 3.8) is 0 Å². The monoisotopic (exact) mass is 273 g/mol. The van der Waals surface area contributed by atoms with Crippen LogP contribution in [0.2, 0.25) is 0 Å². The molecule has 1 aliphatic carbocycles. The number of likely N-dealkylation sites (tertiary alicyclic amines) is 1. The van der Waals surface area contributed by atoms with E-state index in [4.69, 9.17) is 0 Å². The molecular weight excluding hydrogens is 250 g/mol. The molecule has 0 bridgehead atoms. The Balaban J connectivity index is 1.69. The van der Waals surface area contributed by atoms with Gasteiger partial charge in [0.25, 0.3) is 0 Å². The first-order valence-electron chi connectivity index (χ1n) is 7.78. The van der Waals surface area contributed by atoms with Crippen LogP contribution in [0.5, 0.6) is 0 Å². The standard InChI is InChI=1S/C17H23NO2/c19-17(20)16-12-14-8-4-5-9-15(14)18(16)11-10-13-6-2-1-3-7-13/h1-3,6-7,14-16H,4-5,8-12H2,(H,19,20)/t14-,15+,16+/m1/s1. The van der Waals surface area contributed by atoms with Gasteiger partial charge in [-0.15, -0.1) is 0 Å². The SMILES string of the molecule is O=C(O)[C@@H]1C[C@H]2CCCC[C@@H]2N1CCc1ccccc1. The van der Waals surface area contributed by atoms with Gasteiger partial charge in [-0.05, 0) is 37.2 Å². The number of nitrogens with zero attached hydrogens (tertiary/aromatic N) is 1. The predicted molar refractivity (Wildman–Crippen MR) is 78.6 cm³/mol. The maximum Gasteiger partial charge on any atom is 0.320 e. The highest BCUT2D eigenvalue weighted by atomic mass is 16.4. The first-order chi connectivity index (χ1) is 9.75. The van der Waals surface area contributed by atoms with Crippen molar-refractivity contribution < 1.29 is 9.90 Å². The Labute approximate surface area is 120 Å². The molecule has 1 aliphatic heterocycles. The molecular formula is C17H23NO2. The number of benzene rings is 1. The number of aliphatic carboxylic acids is 1. The minimum Gasteiger partial charge on any atom is -0.480 e. The van der Waals surface area contributed by atoms with Crippen LogP contribution < -0.4 is 0 Å². The molecule has 0 radical (unpaired) electrons. The summed E-state index contributed by atoms with van der Waals surface area (Å²) in [7, 11) is 0. The lowest BCUT2D eigenvalue weighted by Crippen LogP contribution is -2.43. The largest absolute Gasteiger partial charge is 0.480 e. The first kappa shape index (κ1) is 13.6. The van der Waals surface area contributed by atoms with E-state index in [0.717, 1.165) is 19.4 Å². The zero-order valence-electron chi connectivity index (χ0n) is 11.9. The average molecular weight is 273 g/mol. The van der Waals surface area contributed by atoms with Gasteiger partial charge in [-0.25, -0.2) is 0 Å². The Morgan fingerprint density at radius 1 is 1.20 bits per heavy atom. The fourth-order valence-corrected chi connectivity index (χ4v) is 4.02. The number of carboxylic acids is 1. The quantitative estimate of drug-likeness (QED) is 0.917. The minimum absolute atomic E-state index is 0.258. The molecule has 3 rings (SSSR count). The van der Waals surface area contributed by atoms with Gasteiger partial charge in [0.05, 0.1) is 0 Å². The minimum atomic E-state index is -0.632. The van der Waals surface area contributed by atoms with E-state index in [0.29, 0.717) is 12.0 Å². The summed E-state index contributed by atoms with van der Waals surface area (Å²) in [6.45, 7) is 0.877. The highest BCUT2D eigenvalue weighted by Gasteiger charge is 2.44. The van der Waals surface area contributed by atoms with Gasteiger partial charge in [-0.2, -0.15) is 0 Å². The van der Waals surface area contributed by atoms with Gasteiger partial charge in [-0.1, -0.05) is 43.2 Å². The zero-order chi connectivity index (χ0) is 13.9. The van der Waals surface area contributed by atoms with Crippen molar-refractivity contribution in [2.24, 2.45) is 5.92 Å². The number of hydrogen-bond donors (Lipinski definition) is 1. The Kier molecular flexibility index (Phi) is 4.06.